The minimum Gasteiger partial charge on any atom is -0.207 e. The molecule has 2 rings (SSSR count). The monoisotopic (exact) mass is 286 g/mol. The first-order chi connectivity index (χ1) is 8.49. The van der Waals surface area contributed by atoms with Crippen LogP contribution in [0.25, 0.3) is 0 Å². The summed E-state index contributed by atoms with van der Waals surface area (Å²) in [6.07, 6.45) is 0. The molecule has 0 aromatic heterocycles. The average molecular weight is 287 g/mol. The summed E-state index contributed by atoms with van der Waals surface area (Å²) in [7, 11) is 0. The van der Waals surface area contributed by atoms with Crippen LogP contribution in [0.15, 0.2) is 36.4 Å². The quantitative estimate of drug-likeness (QED) is 0.661. The van der Waals surface area contributed by atoms with Crippen molar-refractivity contribution < 1.29 is 8.78 Å². The highest BCUT2D eigenvalue weighted by molar-refractivity contribution is 6.30. The zero-order chi connectivity index (χ0) is 13.3. The highest BCUT2D eigenvalue weighted by atomic mass is 35.5. The highest BCUT2D eigenvalue weighted by Gasteiger charge is 2.17. The molecular weight excluding hydrogens is 277 g/mol. The summed E-state index contributed by atoms with van der Waals surface area (Å²) in [4.78, 5) is 0. The van der Waals surface area contributed by atoms with Crippen molar-refractivity contribution in [2.75, 3.05) is 0 Å². The van der Waals surface area contributed by atoms with Gasteiger partial charge in [0.05, 0.1) is 5.38 Å². The Hall–Kier alpha value is -1.12. The number of alkyl halides is 1. The van der Waals surface area contributed by atoms with Crippen LogP contribution in [-0.2, 0) is 0 Å². The van der Waals surface area contributed by atoms with Crippen molar-refractivity contribution in [3.8, 4) is 0 Å². The summed E-state index contributed by atoms with van der Waals surface area (Å²) < 4.78 is 26.5. The normalized spacial score (nSPS) is 12.5. The molecule has 0 fully saturated rings. The molecule has 1 atom stereocenters. The van der Waals surface area contributed by atoms with E-state index in [1.807, 2.05) is 6.92 Å². The number of hydrogen-bond donors (Lipinski definition) is 0. The Labute approximate surface area is 114 Å². The minimum absolute atomic E-state index is 0.253. The van der Waals surface area contributed by atoms with Crippen LogP contribution < -0.4 is 0 Å². The van der Waals surface area contributed by atoms with Gasteiger partial charge < -0.3 is 0 Å². The second-order valence-electron chi connectivity index (χ2n) is 4.03. The van der Waals surface area contributed by atoms with Gasteiger partial charge >= 0.3 is 0 Å². The van der Waals surface area contributed by atoms with Crippen molar-refractivity contribution in [3.63, 3.8) is 0 Å². The van der Waals surface area contributed by atoms with Gasteiger partial charge in [0.15, 0.2) is 0 Å². The Morgan fingerprint density at radius 1 is 1.00 bits per heavy atom. The van der Waals surface area contributed by atoms with Gasteiger partial charge in [-0.15, -0.1) is 11.6 Å². The van der Waals surface area contributed by atoms with Crippen LogP contribution in [-0.4, -0.2) is 0 Å². The SMILES string of the molecule is Cc1cc(Cl)ccc1C(Cl)c1ccc(F)cc1F. The van der Waals surface area contributed by atoms with E-state index in [0.717, 1.165) is 17.2 Å². The number of benzene rings is 2. The van der Waals surface area contributed by atoms with Crippen molar-refractivity contribution in [1.82, 2.24) is 0 Å². The molecule has 0 radical (unpaired) electrons. The van der Waals surface area contributed by atoms with E-state index in [9.17, 15) is 8.78 Å². The first-order valence-corrected chi connectivity index (χ1v) is 6.15. The fraction of sp³-hybridized carbons (Fsp3) is 0.143. The van der Waals surface area contributed by atoms with E-state index in [0.29, 0.717) is 5.02 Å². The van der Waals surface area contributed by atoms with Crippen LogP contribution in [0.2, 0.25) is 5.02 Å². The summed E-state index contributed by atoms with van der Waals surface area (Å²) >= 11 is 12.1. The molecule has 0 aliphatic rings. The molecule has 0 amide bonds. The molecule has 2 aromatic carbocycles. The molecule has 0 aliphatic carbocycles. The molecule has 94 valence electrons. The van der Waals surface area contributed by atoms with Gasteiger partial charge in [0.25, 0.3) is 0 Å². The third-order valence-corrected chi connectivity index (χ3v) is 3.45. The molecule has 0 saturated carbocycles. The first-order valence-electron chi connectivity index (χ1n) is 5.34. The third kappa shape index (κ3) is 2.65. The first kappa shape index (κ1) is 13.3. The summed E-state index contributed by atoms with van der Waals surface area (Å²) in [6.45, 7) is 1.85. The minimum atomic E-state index is -0.664. The van der Waals surface area contributed by atoms with Crippen molar-refractivity contribution in [1.29, 1.82) is 0 Å². The smallest absolute Gasteiger partial charge is 0.131 e. The van der Waals surface area contributed by atoms with E-state index in [2.05, 4.69) is 0 Å². The molecule has 0 aliphatic heterocycles. The summed E-state index contributed by atoms with van der Waals surface area (Å²) in [5.41, 5.74) is 1.88. The summed E-state index contributed by atoms with van der Waals surface area (Å²) in [5, 5.41) is -0.0671. The molecule has 0 spiro atoms. The molecule has 0 nitrogen and oxygen atoms in total. The third-order valence-electron chi connectivity index (χ3n) is 2.74. The maximum absolute atomic E-state index is 13.6. The van der Waals surface area contributed by atoms with Crippen molar-refractivity contribution in [2.24, 2.45) is 0 Å². The van der Waals surface area contributed by atoms with Crippen LogP contribution in [0.3, 0.4) is 0 Å². The van der Waals surface area contributed by atoms with Gasteiger partial charge in [0, 0.05) is 16.7 Å². The van der Waals surface area contributed by atoms with Crippen LogP contribution in [0.1, 0.15) is 22.1 Å². The molecule has 0 bridgehead atoms. The molecule has 18 heavy (non-hydrogen) atoms. The molecule has 0 saturated heterocycles. The van der Waals surface area contributed by atoms with E-state index in [4.69, 9.17) is 23.2 Å². The van der Waals surface area contributed by atoms with Crippen LogP contribution in [0.4, 0.5) is 8.78 Å². The van der Waals surface area contributed by atoms with Crippen LogP contribution in [0.5, 0.6) is 0 Å². The number of rotatable bonds is 2. The molecule has 0 heterocycles. The van der Waals surface area contributed by atoms with Gasteiger partial charge in [-0.3, -0.25) is 0 Å². The fourth-order valence-corrected chi connectivity index (χ4v) is 2.45. The molecule has 4 heteroatoms. The largest absolute Gasteiger partial charge is 0.207 e. The molecule has 1 unspecified atom stereocenters. The maximum Gasteiger partial charge on any atom is 0.131 e. The number of halogens is 4. The zero-order valence-electron chi connectivity index (χ0n) is 9.55. The summed E-state index contributed by atoms with van der Waals surface area (Å²) in [5.74, 6) is -1.27. The lowest BCUT2D eigenvalue weighted by molar-refractivity contribution is 0.573. The van der Waals surface area contributed by atoms with Crippen molar-refractivity contribution in [3.05, 3.63) is 69.7 Å². The Morgan fingerprint density at radius 3 is 2.28 bits per heavy atom. The van der Waals surface area contributed by atoms with E-state index in [1.54, 1.807) is 18.2 Å². The fourth-order valence-electron chi connectivity index (χ4n) is 1.80. The average Bonchev–Trinajstić information content (AvgIpc) is 2.28. The Kier molecular flexibility index (Phi) is 3.88. The number of hydrogen-bond acceptors (Lipinski definition) is 0. The van der Waals surface area contributed by atoms with Crippen molar-refractivity contribution >= 4 is 23.2 Å². The standard InChI is InChI=1S/C14H10Cl2F2/c1-8-6-9(15)2-4-11(8)14(16)12-5-3-10(17)7-13(12)18/h2-7,14H,1H3. The predicted octanol–water partition coefficient (Wildman–Crippen LogP) is 5.25. The van der Waals surface area contributed by atoms with Gasteiger partial charge in [-0.2, -0.15) is 0 Å². The Bertz CT molecular complexity index is 531. The Balaban J connectivity index is 2.44. The second kappa shape index (κ2) is 5.25. The highest BCUT2D eigenvalue weighted by Crippen LogP contribution is 2.33. The number of aryl methyl sites for hydroxylation is 1. The van der Waals surface area contributed by atoms with E-state index in [1.165, 1.54) is 12.1 Å². The zero-order valence-corrected chi connectivity index (χ0v) is 11.1. The lowest BCUT2D eigenvalue weighted by Crippen LogP contribution is -2.00. The van der Waals surface area contributed by atoms with Crippen molar-refractivity contribution in [2.45, 2.75) is 12.3 Å². The molecule has 0 N–H and O–H groups in total. The van der Waals surface area contributed by atoms with Gasteiger partial charge in [-0.1, -0.05) is 23.7 Å². The van der Waals surface area contributed by atoms with Gasteiger partial charge in [-0.25, -0.2) is 8.78 Å². The maximum atomic E-state index is 13.6. The van der Waals surface area contributed by atoms with Gasteiger partial charge in [-0.05, 0) is 36.2 Å². The topological polar surface area (TPSA) is 0 Å². The van der Waals surface area contributed by atoms with E-state index in [-0.39, 0.29) is 5.56 Å². The molecular formula is C14H10Cl2F2. The molecule has 2 aromatic rings. The van der Waals surface area contributed by atoms with Gasteiger partial charge in [0.1, 0.15) is 11.6 Å². The van der Waals surface area contributed by atoms with Crippen LogP contribution in [0, 0.1) is 18.6 Å². The van der Waals surface area contributed by atoms with Gasteiger partial charge in [0.2, 0.25) is 0 Å². The lowest BCUT2D eigenvalue weighted by atomic mass is 9.99. The van der Waals surface area contributed by atoms with E-state index < -0.39 is 17.0 Å². The summed E-state index contributed by atoms with van der Waals surface area (Å²) in [6, 6.07) is 8.58. The lowest BCUT2D eigenvalue weighted by Gasteiger charge is -2.14. The second-order valence-corrected chi connectivity index (χ2v) is 4.90. The Morgan fingerprint density at radius 2 is 1.67 bits per heavy atom. The predicted molar refractivity (Wildman–Crippen MR) is 70.2 cm³/mol. The van der Waals surface area contributed by atoms with E-state index >= 15 is 0 Å². The van der Waals surface area contributed by atoms with Crippen LogP contribution >= 0.6 is 23.2 Å².